The van der Waals surface area contributed by atoms with E-state index >= 15 is 0 Å². The maximum absolute atomic E-state index is 14.4. The molecule has 0 saturated carbocycles. The van der Waals surface area contributed by atoms with Crippen molar-refractivity contribution in [1.29, 1.82) is 0 Å². The summed E-state index contributed by atoms with van der Waals surface area (Å²) in [5.74, 6) is -0.0785. The second-order valence-corrected chi connectivity index (χ2v) is 36.5. The summed E-state index contributed by atoms with van der Waals surface area (Å²) in [5.41, 5.74) is 0.823. The fraction of sp³-hybridized carbons (Fsp3) is 0.560. The fourth-order valence-electron chi connectivity index (χ4n) is 8.95. The van der Waals surface area contributed by atoms with Crippen molar-refractivity contribution in [3.05, 3.63) is 92.5 Å². The number of aliphatic hydroxyl groups excluding tert-OH is 1. The van der Waals surface area contributed by atoms with Gasteiger partial charge in [-0.3, -0.25) is 8.98 Å². The lowest BCUT2D eigenvalue weighted by atomic mass is 9.94. The van der Waals surface area contributed by atoms with E-state index < -0.39 is 76.9 Å². The first kappa shape index (κ1) is 55.9. The van der Waals surface area contributed by atoms with Crippen LogP contribution in [0.3, 0.4) is 0 Å². The van der Waals surface area contributed by atoms with Crippen LogP contribution < -0.4 is 14.2 Å². The van der Waals surface area contributed by atoms with E-state index in [0.29, 0.717) is 38.8 Å². The summed E-state index contributed by atoms with van der Waals surface area (Å²) < 4.78 is 60.2. The first-order valence-electron chi connectivity index (χ1n) is 24.0. The van der Waals surface area contributed by atoms with Crippen LogP contribution in [0.25, 0.3) is 5.57 Å². The van der Waals surface area contributed by atoms with Gasteiger partial charge in [0.1, 0.15) is 36.2 Å². The summed E-state index contributed by atoms with van der Waals surface area (Å²) in [6.45, 7) is 26.1. The average molecular weight is 1050 g/mol. The zero-order chi connectivity index (χ0) is 50.8. The van der Waals surface area contributed by atoms with Crippen molar-refractivity contribution in [3.8, 4) is 11.5 Å². The summed E-state index contributed by atoms with van der Waals surface area (Å²) >= 11 is 14.5. The number of aliphatic hydroxyl groups is 2. The lowest BCUT2D eigenvalue weighted by Crippen LogP contribution is -2.45. The van der Waals surface area contributed by atoms with E-state index in [4.69, 9.17) is 45.4 Å². The van der Waals surface area contributed by atoms with Crippen LogP contribution in [0.1, 0.15) is 116 Å². The van der Waals surface area contributed by atoms with E-state index in [-0.39, 0.29) is 40.0 Å². The summed E-state index contributed by atoms with van der Waals surface area (Å²) in [4.78, 5) is 27.0. The van der Waals surface area contributed by atoms with Gasteiger partial charge in [0.2, 0.25) is 5.91 Å². The Kier molecular flexibility index (Phi) is 17.9. The number of esters is 1. The molecule has 3 aromatic rings. The molecular formula is C50H73Cl2NO11SSi3. The van der Waals surface area contributed by atoms with Crippen LogP contribution in [0.5, 0.6) is 11.5 Å². The lowest BCUT2D eigenvalue weighted by Gasteiger charge is -2.39. The van der Waals surface area contributed by atoms with Crippen molar-refractivity contribution >= 4 is 75.7 Å². The molecule has 5 rings (SSSR count). The van der Waals surface area contributed by atoms with E-state index in [1.165, 1.54) is 25.1 Å². The smallest absolute Gasteiger partial charge is 0.329 e. The van der Waals surface area contributed by atoms with Gasteiger partial charge in [0.05, 0.1) is 21.0 Å². The molecule has 0 spiro atoms. The van der Waals surface area contributed by atoms with Gasteiger partial charge in [0, 0.05) is 30.9 Å². The number of ether oxygens (including phenoxy) is 1. The highest BCUT2D eigenvalue weighted by Crippen LogP contribution is 2.58. The van der Waals surface area contributed by atoms with Crippen molar-refractivity contribution in [2.75, 3.05) is 6.61 Å². The fourth-order valence-corrected chi connectivity index (χ4v) is 17.2. The molecule has 3 N–H and O–H groups in total. The van der Waals surface area contributed by atoms with Crippen LogP contribution in [0.15, 0.2) is 59.5 Å². The standard InChI is InChI=1S/C50H73Cl2NO11SSi3/c1-14-67(15-2,16-3)63-42-28-34(26-40(51)46(42)64-68(17-4,18-5)19-6)27-41(53-33(8)54)48(56)60-31-43(62-66(12,13)49(9,10)11)37-24-25-38-44(45(37)52)39-29-35(55)30-50(39,57)47(38)61-65(58,59)36-22-20-32(7)21-23-36/h20-26,28-29,35,41,43,47,55,57H,14-19,27,30-31H2,1-13H3,(H,53,54)/t35-,41-,43?,47-,50+/m0/s1. The topological polar surface area (TPSA) is 167 Å². The number of carbonyl (C=O) groups excluding carboxylic acids is 2. The van der Waals surface area contributed by atoms with Gasteiger partial charge in [0.25, 0.3) is 26.8 Å². The molecule has 2 aliphatic rings. The Morgan fingerprint density at radius 1 is 0.897 bits per heavy atom. The van der Waals surface area contributed by atoms with E-state index in [9.17, 15) is 28.2 Å². The number of amides is 1. The van der Waals surface area contributed by atoms with Crippen molar-refractivity contribution in [3.63, 3.8) is 0 Å². The van der Waals surface area contributed by atoms with Gasteiger partial charge >= 0.3 is 5.97 Å². The maximum atomic E-state index is 14.4. The number of nitrogens with one attached hydrogen (secondary N) is 1. The molecule has 5 atom stereocenters. The number of aryl methyl sites for hydroxylation is 1. The number of carbonyl (C=O) groups is 2. The number of rotatable bonds is 22. The highest BCUT2D eigenvalue weighted by molar-refractivity contribution is 7.86. The second kappa shape index (κ2) is 21.8. The molecule has 0 saturated heterocycles. The third-order valence-corrected chi connectivity index (χ3v) is 30.2. The summed E-state index contributed by atoms with van der Waals surface area (Å²) in [5, 5.41) is 26.1. The van der Waals surface area contributed by atoms with Crippen LogP contribution in [0, 0.1) is 6.92 Å². The minimum atomic E-state index is -4.40. The molecule has 18 heteroatoms. The van der Waals surface area contributed by atoms with Crippen molar-refractivity contribution in [2.24, 2.45) is 0 Å². The SMILES string of the molecule is CC[Si](CC)(CC)Oc1cc(C[C@H](NC(C)=O)C(=O)OCC(O[Si](C)(C)C(C)(C)C)c2ccc3c(c2Cl)C2=C[C@H](O)C[C@]2(O)[C@H]3OS(=O)(=O)c2ccc(C)cc2)cc(Cl)c1O[Si](CC)(CC)CC. The molecule has 0 aliphatic heterocycles. The van der Waals surface area contributed by atoms with E-state index in [0.717, 1.165) is 41.8 Å². The monoisotopic (exact) mass is 1050 g/mol. The van der Waals surface area contributed by atoms with E-state index in [1.807, 2.05) is 13.0 Å². The Balaban J connectivity index is 1.53. The van der Waals surface area contributed by atoms with Gasteiger partial charge in [-0.15, -0.1) is 0 Å². The lowest BCUT2D eigenvalue weighted by molar-refractivity contribution is -0.150. The largest absolute Gasteiger partial charge is 0.541 e. The molecule has 376 valence electrons. The molecule has 0 bridgehead atoms. The zero-order valence-corrected chi connectivity index (χ0v) is 47.4. The Labute approximate surface area is 418 Å². The summed E-state index contributed by atoms with van der Waals surface area (Å²) in [6, 6.07) is 17.4. The first-order chi connectivity index (χ1) is 31.7. The predicted molar refractivity (Wildman–Crippen MR) is 278 cm³/mol. The van der Waals surface area contributed by atoms with Gasteiger partial charge in [0.15, 0.2) is 14.1 Å². The first-order valence-corrected chi connectivity index (χ1v) is 34.1. The molecule has 0 heterocycles. The minimum absolute atomic E-state index is 0.0287. The zero-order valence-electron chi connectivity index (χ0n) is 42.1. The molecule has 12 nitrogen and oxygen atoms in total. The highest BCUT2D eigenvalue weighted by Gasteiger charge is 2.56. The van der Waals surface area contributed by atoms with Gasteiger partial charge < -0.3 is 33.5 Å². The van der Waals surface area contributed by atoms with Crippen LogP contribution in [-0.2, 0) is 39.5 Å². The van der Waals surface area contributed by atoms with Gasteiger partial charge in [-0.1, -0.05) is 115 Å². The third kappa shape index (κ3) is 11.8. The number of hydrogen-bond donors (Lipinski definition) is 3. The maximum Gasteiger partial charge on any atom is 0.329 e. The van der Waals surface area contributed by atoms with E-state index in [1.54, 1.807) is 30.3 Å². The minimum Gasteiger partial charge on any atom is -0.541 e. The van der Waals surface area contributed by atoms with Crippen LogP contribution >= 0.6 is 23.2 Å². The van der Waals surface area contributed by atoms with Gasteiger partial charge in [-0.2, -0.15) is 8.42 Å². The number of benzene rings is 3. The van der Waals surface area contributed by atoms with Crippen molar-refractivity contribution < 1.29 is 50.4 Å². The summed E-state index contributed by atoms with van der Waals surface area (Å²) in [7, 11) is -11.5. The van der Waals surface area contributed by atoms with Crippen molar-refractivity contribution in [2.45, 2.75) is 178 Å². The Bertz CT molecular complexity index is 2440. The Morgan fingerprint density at radius 3 is 2.01 bits per heavy atom. The molecule has 0 fully saturated rings. The van der Waals surface area contributed by atoms with Crippen LogP contribution in [0.2, 0.25) is 64.4 Å². The second-order valence-electron chi connectivity index (χ2n) is 20.0. The van der Waals surface area contributed by atoms with Gasteiger partial charge in [-0.05, 0) is 108 Å². The number of halogens is 2. The van der Waals surface area contributed by atoms with E-state index in [2.05, 4.69) is 80.7 Å². The molecule has 3 aromatic carbocycles. The Hall–Kier alpha value is -3.04. The average Bonchev–Trinajstić information content (AvgIpc) is 3.69. The molecule has 1 amide bonds. The van der Waals surface area contributed by atoms with Crippen LogP contribution in [0.4, 0.5) is 0 Å². The quantitative estimate of drug-likeness (QED) is 0.0498. The number of hydrogen-bond acceptors (Lipinski definition) is 11. The molecular weight excluding hydrogens is 978 g/mol. The molecule has 1 unspecified atom stereocenters. The highest BCUT2D eigenvalue weighted by atomic mass is 35.5. The third-order valence-electron chi connectivity index (χ3n) is 14.7. The molecule has 2 aliphatic carbocycles. The molecule has 0 aromatic heterocycles. The predicted octanol–water partition coefficient (Wildman–Crippen LogP) is 11.8. The van der Waals surface area contributed by atoms with Crippen LogP contribution in [-0.4, -0.2) is 79.8 Å². The van der Waals surface area contributed by atoms with Gasteiger partial charge in [-0.25, -0.2) is 4.79 Å². The molecule has 68 heavy (non-hydrogen) atoms. The van der Waals surface area contributed by atoms with Crippen molar-refractivity contribution in [1.82, 2.24) is 5.32 Å². The number of fused-ring (bicyclic) bond motifs is 3. The molecule has 0 radical (unpaired) electrons. The summed E-state index contributed by atoms with van der Waals surface area (Å²) in [6.07, 6.45) is -2.24. The normalized spacial score (nSPS) is 19.5. The Morgan fingerprint density at radius 2 is 1.47 bits per heavy atom.